The van der Waals surface area contributed by atoms with E-state index in [0.717, 1.165) is 30.9 Å². The maximum Gasteiger partial charge on any atom is 0.402 e. The second kappa shape index (κ2) is 6.77. The minimum atomic E-state index is -0.515. The lowest BCUT2D eigenvalue weighted by atomic mass is 9.95. The van der Waals surface area contributed by atoms with Gasteiger partial charge in [-0.1, -0.05) is 25.3 Å². The Kier molecular flexibility index (Phi) is 4.56. The van der Waals surface area contributed by atoms with Gasteiger partial charge in [0.15, 0.2) is 0 Å². The molecule has 2 aliphatic heterocycles. The summed E-state index contributed by atoms with van der Waals surface area (Å²) < 4.78 is 4.27. The van der Waals surface area contributed by atoms with Crippen molar-refractivity contribution < 1.29 is 14.2 Å². The van der Waals surface area contributed by atoms with Gasteiger partial charge in [0.05, 0.1) is 6.04 Å². The molecular weight excluding hydrogens is 342 g/mol. The Morgan fingerprint density at radius 3 is 2.59 bits per heavy atom. The van der Waals surface area contributed by atoms with Crippen molar-refractivity contribution >= 4 is 23.7 Å². The van der Waals surface area contributed by atoms with E-state index in [1.165, 1.54) is 24.2 Å². The largest absolute Gasteiger partial charge is 0.402 e. The number of hydrogen-bond acceptors (Lipinski definition) is 3. The van der Waals surface area contributed by atoms with Crippen LogP contribution in [0.5, 0.6) is 0 Å². The first-order valence-electron chi connectivity index (χ1n) is 10.2. The number of carbonyl (C=O) groups excluding carboxylic acids is 2. The second-order valence-corrected chi connectivity index (χ2v) is 8.53. The summed E-state index contributed by atoms with van der Waals surface area (Å²) in [6.45, 7) is 6.76. The summed E-state index contributed by atoms with van der Waals surface area (Å²) in [5.41, 5.74) is 1.14. The number of imidazole rings is 1. The molecule has 1 aromatic heterocycles. The van der Waals surface area contributed by atoms with Crippen molar-refractivity contribution in [1.29, 1.82) is 0 Å². The number of imide groups is 1. The van der Waals surface area contributed by atoms with Crippen LogP contribution in [0.15, 0.2) is 11.2 Å². The molecule has 0 aromatic carbocycles. The summed E-state index contributed by atoms with van der Waals surface area (Å²) in [5.74, 6) is 1.66. The molecule has 0 bridgehead atoms. The van der Waals surface area contributed by atoms with Gasteiger partial charge >= 0.3 is 12.0 Å². The third-order valence-electron chi connectivity index (χ3n) is 6.12. The number of fused-ring (bicyclic) bond motifs is 3. The first kappa shape index (κ1) is 18.2. The molecule has 1 aromatic rings. The highest BCUT2D eigenvalue weighted by Gasteiger charge is 2.53. The van der Waals surface area contributed by atoms with Crippen molar-refractivity contribution in [2.45, 2.75) is 71.4 Å². The lowest BCUT2D eigenvalue weighted by Crippen LogP contribution is -2.62. The van der Waals surface area contributed by atoms with Crippen molar-refractivity contribution in [3.63, 3.8) is 0 Å². The number of rotatable bonds is 4. The van der Waals surface area contributed by atoms with Crippen LogP contribution < -0.4 is 4.57 Å². The van der Waals surface area contributed by atoms with Crippen LogP contribution in [-0.4, -0.2) is 45.7 Å². The number of carbonyl (C=O) groups is 2. The number of urea groups is 1. The zero-order valence-corrected chi connectivity index (χ0v) is 16.8. The third kappa shape index (κ3) is 2.87. The predicted molar refractivity (Wildman–Crippen MR) is 102 cm³/mol. The van der Waals surface area contributed by atoms with Gasteiger partial charge in [-0.05, 0) is 44.9 Å². The van der Waals surface area contributed by atoms with E-state index in [-0.39, 0.29) is 11.9 Å². The lowest BCUT2D eigenvalue weighted by molar-refractivity contribution is -0.677. The Bertz CT molecular complexity index is 804. The van der Waals surface area contributed by atoms with Gasteiger partial charge in [0.25, 0.3) is 5.91 Å². The van der Waals surface area contributed by atoms with Gasteiger partial charge in [0.1, 0.15) is 11.9 Å². The normalized spacial score (nSPS) is 23.1. The van der Waals surface area contributed by atoms with E-state index in [4.69, 9.17) is 4.99 Å². The van der Waals surface area contributed by atoms with Crippen LogP contribution in [0.3, 0.4) is 0 Å². The van der Waals surface area contributed by atoms with Gasteiger partial charge in [-0.2, -0.15) is 0 Å². The summed E-state index contributed by atoms with van der Waals surface area (Å²) in [7, 11) is 1.73. The highest BCUT2D eigenvalue weighted by Crippen LogP contribution is 2.36. The van der Waals surface area contributed by atoms with Crippen molar-refractivity contribution in [3.8, 4) is 0 Å². The Hall–Kier alpha value is -2.18. The molecule has 1 aliphatic carbocycles. The molecule has 2 fully saturated rings. The first-order valence-corrected chi connectivity index (χ1v) is 10.2. The standard InChI is InChI=1S/C20H30N5O2/c1-13(2)10-11-23-18(26)16-17(22(4)20(23)27)21-19-24(16)12-14(3)25(19)15-8-6-5-7-9-15/h12-13,15-16H,5-11H2,1-4H3/q+1. The van der Waals surface area contributed by atoms with Crippen LogP contribution in [0.4, 0.5) is 10.7 Å². The molecule has 146 valence electrons. The zero-order valence-electron chi connectivity index (χ0n) is 16.8. The quantitative estimate of drug-likeness (QED) is 0.763. The lowest BCUT2D eigenvalue weighted by Gasteiger charge is -2.33. The topological polar surface area (TPSA) is 61.8 Å². The number of nitrogens with zero attached hydrogens (tertiary/aromatic N) is 5. The second-order valence-electron chi connectivity index (χ2n) is 8.53. The monoisotopic (exact) mass is 372 g/mol. The van der Waals surface area contributed by atoms with Crippen LogP contribution >= 0.6 is 0 Å². The SMILES string of the molecule is Cc1c[n+]2c(n1C1CCCCC1)N=C1C2C(=O)N(CCC(C)C)C(=O)N1C. The van der Waals surface area contributed by atoms with E-state index >= 15 is 0 Å². The van der Waals surface area contributed by atoms with Crippen LogP contribution in [0.25, 0.3) is 0 Å². The number of aliphatic imine (C=N–C) groups is 1. The van der Waals surface area contributed by atoms with Gasteiger partial charge in [-0.25, -0.2) is 13.9 Å². The maximum atomic E-state index is 13.2. The highest BCUT2D eigenvalue weighted by molar-refractivity contribution is 6.19. The summed E-state index contributed by atoms with van der Waals surface area (Å²) >= 11 is 0. The molecule has 1 unspecified atom stereocenters. The Morgan fingerprint density at radius 2 is 1.93 bits per heavy atom. The van der Waals surface area contributed by atoms with Crippen molar-refractivity contribution in [2.24, 2.45) is 10.9 Å². The average Bonchev–Trinajstić information content (AvgIpc) is 3.14. The fourth-order valence-electron chi connectivity index (χ4n) is 4.59. The number of aryl methyl sites for hydroxylation is 1. The molecule has 0 spiro atoms. The van der Waals surface area contributed by atoms with Crippen LogP contribution in [-0.2, 0) is 4.79 Å². The third-order valence-corrected chi connectivity index (χ3v) is 6.12. The zero-order chi connectivity index (χ0) is 19.3. The molecule has 7 heteroatoms. The van der Waals surface area contributed by atoms with Crippen LogP contribution in [0, 0.1) is 12.8 Å². The van der Waals surface area contributed by atoms with Gasteiger partial charge in [0, 0.05) is 13.6 Å². The van der Waals surface area contributed by atoms with Crippen molar-refractivity contribution in [1.82, 2.24) is 14.4 Å². The fourth-order valence-corrected chi connectivity index (χ4v) is 4.59. The molecule has 0 radical (unpaired) electrons. The van der Waals surface area contributed by atoms with Gasteiger partial charge in [-0.3, -0.25) is 14.6 Å². The van der Waals surface area contributed by atoms with E-state index in [2.05, 4.69) is 25.3 Å². The Labute approximate surface area is 160 Å². The summed E-state index contributed by atoms with van der Waals surface area (Å²) in [6.07, 6.45) is 8.92. The molecule has 1 saturated heterocycles. The molecule has 0 N–H and O–H groups in total. The Morgan fingerprint density at radius 1 is 1.22 bits per heavy atom. The van der Waals surface area contributed by atoms with Crippen molar-refractivity contribution in [3.05, 3.63) is 11.9 Å². The molecule has 7 nitrogen and oxygen atoms in total. The maximum absolute atomic E-state index is 13.2. The molecule has 4 rings (SSSR count). The molecule has 3 aliphatic rings. The first-order chi connectivity index (χ1) is 12.9. The minimum Gasteiger partial charge on any atom is -0.270 e. The fraction of sp³-hybridized carbons (Fsp3) is 0.700. The number of aromatic nitrogens is 2. The molecule has 27 heavy (non-hydrogen) atoms. The minimum absolute atomic E-state index is 0.151. The summed E-state index contributed by atoms with van der Waals surface area (Å²) in [5, 5.41) is 0. The number of likely N-dealkylation sites (N-methyl/N-ethyl adjacent to an activating group) is 1. The number of amidine groups is 1. The van der Waals surface area contributed by atoms with E-state index < -0.39 is 6.04 Å². The van der Waals surface area contributed by atoms with E-state index in [0.29, 0.717) is 24.3 Å². The molecular formula is C20H30N5O2+. The number of hydrogen-bond donors (Lipinski definition) is 0. The Balaban J connectivity index is 1.70. The van der Waals surface area contributed by atoms with E-state index in [1.807, 2.05) is 10.8 Å². The molecule has 1 atom stereocenters. The van der Waals surface area contributed by atoms with Crippen LogP contribution in [0.2, 0.25) is 0 Å². The summed E-state index contributed by atoms with van der Waals surface area (Å²) in [4.78, 5) is 33.7. The number of amides is 3. The highest BCUT2D eigenvalue weighted by atomic mass is 16.2. The molecule has 3 heterocycles. The van der Waals surface area contributed by atoms with Gasteiger partial charge in [-0.15, -0.1) is 0 Å². The van der Waals surface area contributed by atoms with E-state index in [9.17, 15) is 9.59 Å². The van der Waals surface area contributed by atoms with Gasteiger partial charge in [0.2, 0.25) is 11.9 Å². The molecule has 1 saturated carbocycles. The van der Waals surface area contributed by atoms with Crippen LogP contribution in [0.1, 0.15) is 70.2 Å². The smallest absolute Gasteiger partial charge is 0.270 e. The predicted octanol–water partition coefficient (Wildman–Crippen LogP) is 3.11. The molecule has 3 amide bonds. The van der Waals surface area contributed by atoms with Gasteiger partial charge < -0.3 is 0 Å². The van der Waals surface area contributed by atoms with E-state index in [1.54, 1.807) is 11.9 Å². The van der Waals surface area contributed by atoms with Crippen molar-refractivity contribution in [2.75, 3.05) is 13.6 Å². The summed E-state index contributed by atoms with van der Waals surface area (Å²) in [6, 6.07) is -0.339. The average molecular weight is 372 g/mol.